The fraction of sp³-hybridized carbons (Fsp3) is 0.227. The number of hydrogen-bond donors (Lipinski definition) is 1. The van der Waals surface area contributed by atoms with Gasteiger partial charge in [-0.05, 0) is 48.7 Å². The Hall–Kier alpha value is -3.67. The number of imide groups is 1. The molecular formula is C22H17F3N4O4S. The Kier molecular flexibility index (Phi) is 4.50. The first-order valence-corrected chi connectivity index (χ1v) is 11.6. The minimum absolute atomic E-state index is 0.0324. The van der Waals surface area contributed by atoms with Crippen LogP contribution in [-0.4, -0.2) is 36.4 Å². The third kappa shape index (κ3) is 2.84. The molecule has 2 unspecified atom stereocenters. The molecule has 0 radical (unpaired) electrons. The monoisotopic (exact) mass is 490 g/mol. The van der Waals surface area contributed by atoms with Gasteiger partial charge >= 0.3 is 11.5 Å². The molecule has 2 atom stereocenters. The smallest absolute Gasteiger partial charge is 0.397 e. The molecule has 1 saturated heterocycles. The maximum absolute atomic E-state index is 13.6. The highest BCUT2D eigenvalue weighted by molar-refractivity contribution is 7.92. The van der Waals surface area contributed by atoms with Gasteiger partial charge in [-0.2, -0.15) is 13.2 Å². The van der Waals surface area contributed by atoms with Crippen molar-refractivity contribution in [2.45, 2.75) is 29.3 Å². The number of sulfone groups is 1. The van der Waals surface area contributed by atoms with Gasteiger partial charge in [-0.1, -0.05) is 19.1 Å². The van der Waals surface area contributed by atoms with Crippen molar-refractivity contribution in [2.75, 3.05) is 15.5 Å². The number of nitrogens with two attached hydrogens (primary N) is 1. The number of para-hydroxylation sites is 1. The van der Waals surface area contributed by atoms with Crippen LogP contribution >= 0.6 is 0 Å². The second kappa shape index (κ2) is 6.92. The van der Waals surface area contributed by atoms with Gasteiger partial charge in [0.2, 0.25) is 0 Å². The zero-order valence-electron chi connectivity index (χ0n) is 17.6. The molecule has 12 heteroatoms. The first-order valence-electron chi connectivity index (χ1n) is 10.1. The largest absolute Gasteiger partial charge is 0.501 e. The Morgan fingerprint density at radius 1 is 1.09 bits per heavy atom. The van der Waals surface area contributed by atoms with Crippen LogP contribution in [0, 0.1) is 5.92 Å². The lowest BCUT2D eigenvalue weighted by atomic mass is 10.1. The lowest BCUT2D eigenvalue weighted by molar-refractivity contribution is -0.119. The van der Waals surface area contributed by atoms with Crippen molar-refractivity contribution < 1.29 is 31.2 Å². The number of nitrogen functional groups attached to an aromatic ring is 1. The van der Waals surface area contributed by atoms with Crippen LogP contribution in [0.1, 0.15) is 13.3 Å². The molecule has 34 heavy (non-hydrogen) atoms. The number of benzene rings is 2. The number of fused-ring (bicyclic) bond motifs is 1. The zero-order valence-corrected chi connectivity index (χ0v) is 18.4. The van der Waals surface area contributed by atoms with Crippen molar-refractivity contribution in [3.05, 3.63) is 54.7 Å². The van der Waals surface area contributed by atoms with Crippen LogP contribution in [0.5, 0.6) is 0 Å². The summed E-state index contributed by atoms with van der Waals surface area (Å²) >= 11 is 0. The van der Waals surface area contributed by atoms with Gasteiger partial charge in [0.25, 0.3) is 15.7 Å². The number of halogens is 3. The normalized spacial score (nSPS) is 22.8. The summed E-state index contributed by atoms with van der Waals surface area (Å²) in [4.78, 5) is 32.6. The van der Waals surface area contributed by atoms with Crippen LogP contribution in [-0.2, 0) is 14.6 Å². The topological polar surface area (TPSA) is 114 Å². The molecule has 1 aromatic heterocycles. The summed E-state index contributed by atoms with van der Waals surface area (Å²) < 4.78 is 61.9. The van der Waals surface area contributed by atoms with E-state index in [0.717, 1.165) is 29.2 Å². The van der Waals surface area contributed by atoms with E-state index in [4.69, 9.17) is 5.73 Å². The minimum Gasteiger partial charge on any atom is -0.397 e. The number of nitrogens with zero attached hydrogens (tertiary/aromatic N) is 3. The fourth-order valence-electron chi connectivity index (χ4n) is 4.50. The Bertz CT molecular complexity index is 1470. The Morgan fingerprint density at radius 2 is 1.74 bits per heavy atom. The van der Waals surface area contributed by atoms with Crippen molar-refractivity contribution >= 4 is 49.7 Å². The van der Waals surface area contributed by atoms with Crippen LogP contribution in [0.2, 0.25) is 0 Å². The molecule has 8 nitrogen and oxygen atoms in total. The fourth-order valence-corrected chi connectivity index (χ4v) is 5.26. The lowest BCUT2D eigenvalue weighted by Gasteiger charge is -2.24. The van der Waals surface area contributed by atoms with Crippen LogP contribution in [0.25, 0.3) is 10.9 Å². The van der Waals surface area contributed by atoms with Gasteiger partial charge in [0.05, 0.1) is 27.5 Å². The maximum Gasteiger partial charge on any atom is 0.501 e. The molecular weight excluding hydrogens is 473 g/mol. The number of pyridine rings is 1. The lowest BCUT2D eigenvalue weighted by Crippen LogP contribution is -2.39. The Balaban J connectivity index is 1.60. The van der Waals surface area contributed by atoms with Gasteiger partial charge in [-0.25, -0.2) is 18.1 Å². The van der Waals surface area contributed by atoms with E-state index in [2.05, 4.69) is 4.98 Å². The predicted octanol–water partition coefficient (Wildman–Crippen LogP) is 3.86. The number of hydrogen-bond acceptors (Lipinski definition) is 6. The summed E-state index contributed by atoms with van der Waals surface area (Å²) in [6.45, 7) is 1.82. The first kappa shape index (κ1) is 22.1. The van der Waals surface area contributed by atoms with Crippen LogP contribution in [0.3, 0.4) is 0 Å². The number of aromatic nitrogens is 1. The van der Waals surface area contributed by atoms with Crippen molar-refractivity contribution in [3.63, 3.8) is 0 Å². The van der Waals surface area contributed by atoms with Crippen LogP contribution in [0.4, 0.5) is 35.0 Å². The summed E-state index contributed by atoms with van der Waals surface area (Å²) in [5.74, 6) is -0.714. The summed E-state index contributed by atoms with van der Waals surface area (Å²) in [5, 5.41) is 0.565. The molecule has 176 valence electrons. The SMILES string of the molecule is CC1CC12C(=O)N(c1ccc(S(=O)(=O)C(F)(F)F)cc1)C(=O)N2c1ccnc2c(N)cccc12. The molecule has 2 aliphatic rings. The molecule has 2 heterocycles. The molecule has 2 N–H and O–H groups in total. The van der Waals surface area contributed by atoms with E-state index in [0.29, 0.717) is 28.7 Å². The van der Waals surface area contributed by atoms with E-state index in [9.17, 15) is 31.2 Å². The molecule has 2 aromatic carbocycles. The molecule has 3 amide bonds. The molecule has 0 bridgehead atoms. The minimum atomic E-state index is -5.56. The average Bonchev–Trinajstić information content (AvgIpc) is 3.39. The van der Waals surface area contributed by atoms with Gasteiger partial charge in [-0.3, -0.25) is 14.7 Å². The maximum atomic E-state index is 13.6. The van der Waals surface area contributed by atoms with E-state index in [-0.39, 0.29) is 11.6 Å². The molecule has 3 aromatic rings. The second-order valence-corrected chi connectivity index (χ2v) is 10.2. The highest BCUT2D eigenvalue weighted by atomic mass is 32.2. The zero-order chi connectivity index (χ0) is 24.6. The number of rotatable bonds is 3. The number of urea groups is 1. The predicted molar refractivity (Wildman–Crippen MR) is 118 cm³/mol. The van der Waals surface area contributed by atoms with E-state index >= 15 is 0 Å². The van der Waals surface area contributed by atoms with Gasteiger partial charge in [-0.15, -0.1) is 0 Å². The molecule has 1 saturated carbocycles. The first-order chi connectivity index (χ1) is 15.9. The Labute approximate surface area is 191 Å². The van der Waals surface area contributed by atoms with Gasteiger partial charge < -0.3 is 5.73 Å². The number of alkyl halides is 3. The van der Waals surface area contributed by atoms with Gasteiger partial charge in [0.15, 0.2) is 0 Å². The van der Waals surface area contributed by atoms with Gasteiger partial charge in [0, 0.05) is 11.6 Å². The standard InChI is InChI=1S/C22H17F3N4O4S/c1-12-11-21(12)19(30)28(13-5-7-14(8-6-13)34(32,33)22(23,24)25)20(31)29(21)17-9-10-27-18-15(17)3-2-4-16(18)26/h2-10,12H,11,26H2,1H3. The molecule has 1 spiro atoms. The summed E-state index contributed by atoms with van der Waals surface area (Å²) in [6.07, 6.45) is 1.87. The molecule has 2 fully saturated rings. The highest BCUT2D eigenvalue weighted by Crippen LogP contribution is 2.56. The van der Waals surface area contributed by atoms with Crippen molar-refractivity contribution in [2.24, 2.45) is 5.92 Å². The quantitative estimate of drug-likeness (QED) is 0.441. The second-order valence-electron chi connectivity index (χ2n) is 8.30. The highest BCUT2D eigenvalue weighted by Gasteiger charge is 2.70. The average molecular weight is 490 g/mol. The number of anilines is 3. The number of amides is 3. The molecule has 1 aliphatic heterocycles. The number of carbonyl (C=O) groups excluding carboxylic acids is 2. The van der Waals surface area contributed by atoms with Crippen molar-refractivity contribution in [1.82, 2.24) is 4.98 Å². The summed E-state index contributed by atoms with van der Waals surface area (Å²) in [7, 11) is -5.56. The van der Waals surface area contributed by atoms with Crippen LogP contribution in [0.15, 0.2) is 59.6 Å². The van der Waals surface area contributed by atoms with Crippen molar-refractivity contribution in [3.8, 4) is 0 Å². The summed E-state index contributed by atoms with van der Waals surface area (Å²) in [5.41, 5.74) is 0.648. The van der Waals surface area contributed by atoms with E-state index in [1.165, 1.54) is 11.1 Å². The van der Waals surface area contributed by atoms with Crippen LogP contribution < -0.4 is 15.5 Å². The summed E-state index contributed by atoms with van der Waals surface area (Å²) in [6, 6.07) is 9.48. The van der Waals surface area contributed by atoms with E-state index in [1.54, 1.807) is 24.3 Å². The number of carbonyl (C=O) groups is 2. The van der Waals surface area contributed by atoms with Crippen molar-refractivity contribution in [1.29, 1.82) is 0 Å². The third-order valence-corrected chi connectivity index (χ3v) is 7.86. The van der Waals surface area contributed by atoms with Gasteiger partial charge in [0.1, 0.15) is 5.54 Å². The molecule has 5 rings (SSSR count). The third-order valence-electron chi connectivity index (χ3n) is 6.36. The van der Waals surface area contributed by atoms with E-state index in [1.807, 2.05) is 6.92 Å². The Morgan fingerprint density at radius 3 is 2.32 bits per heavy atom. The van der Waals surface area contributed by atoms with E-state index < -0.39 is 37.7 Å². The molecule has 1 aliphatic carbocycles.